The molecular formula is C22H24N4. The molecule has 0 saturated heterocycles. The molecule has 4 heteroatoms. The van der Waals surface area contributed by atoms with Gasteiger partial charge in [0.1, 0.15) is 11.0 Å². The summed E-state index contributed by atoms with van der Waals surface area (Å²) in [7, 11) is 0. The summed E-state index contributed by atoms with van der Waals surface area (Å²) in [6.45, 7) is 8.18. The molecule has 0 spiro atoms. The molecule has 0 aliphatic rings. The van der Waals surface area contributed by atoms with Gasteiger partial charge in [-0.15, -0.1) is 9.89 Å². The minimum absolute atomic E-state index is 0.877. The standard InChI is InChI=1S/C20H18N4.C2H6/c1-15-7-11-17(12-8-15)23(18-13-9-16(2)10-14-18)24-20-6-4-3-5-19(20)21-22-24;1-2/h3-14H,1-2H3;1-2H3. The van der Waals surface area contributed by atoms with Crippen LogP contribution in [0.5, 0.6) is 0 Å². The molecule has 0 aliphatic carbocycles. The van der Waals surface area contributed by atoms with Gasteiger partial charge in [-0.05, 0) is 55.5 Å². The molecule has 132 valence electrons. The third-order valence-electron chi connectivity index (χ3n) is 4.08. The number of hydrogen-bond donors (Lipinski definition) is 0. The predicted octanol–water partition coefficient (Wildman–Crippen LogP) is 5.68. The number of para-hydroxylation sites is 1. The van der Waals surface area contributed by atoms with Gasteiger partial charge in [0.05, 0.1) is 11.4 Å². The van der Waals surface area contributed by atoms with E-state index in [1.165, 1.54) is 11.1 Å². The van der Waals surface area contributed by atoms with Gasteiger partial charge in [0.15, 0.2) is 0 Å². The maximum Gasteiger partial charge on any atom is 0.115 e. The number of rotatable bonds is 3. The molecule has 0 N–H and O–H groups in total. The lowest BCUT2D eigenvalue weighted by molar-refractivity contribution is 0.683. The van der Waals surface area contributed by atoms with E-state index >= 15 is 0 Å². The van der Waals surface area contributed by atoms with Crippen molar-refractivity contribution in [2.24, 2.45) is 0 Å². The lowest BCUT2D eigenvalue weighted by Crippen LogP contribution is -2.25. The predicted molar refractivity (Wildman–Crippen MR) is 109 cm³/mol. The van der Waals surface area contributed by atoms with Crippen molar-refractivity contribution in [3.8, 4) is 0 Å². The molecule has 1 aromatic heterocycles. The van der Waals surface area contributed by atoms with Gasteiger partial charge >= 0.3 is 0 Å². The first kappa shape index (κ1) is 17.7. The molecule has 4 rings (SSSR count). The van der Waals surface area contributed by atoms with Gasteiger partial charge in [-0.2, -0.15) is 0 Å². The molecule has 0 aliphatic heterocycles. The van der Waals surface area contributed by atoms with Crippen molar-refractivity contribution in [2.75, 3.05) is 5.01 Å². The van der Waals surface area contributed by atoms with Crippen molar-refractivity contribution in [3.63, 3.8) is 0 Å². The number of anilines is 2. The van der Waals surface area contributed by atoms with E-state index in [-0.39, 0.29) is 0 Å². The number of aryl methyl sites for hydroxylation is 2. The van der Waals surface area contributed by atoms with Gasteiger partial charge in [0, 0.05) is 0 Å². The normalized spacial score (nSPS) is 10.3. The fourth-order valence-electron chi connectivity index (χ4n) is 2.74. The third-order valence-corrected chi connectivity index (χ3v) is 4.08. The number of hydrogen-bond acceptors (Lipinski definition) is 3. The summed E-state index contributed by atoms with van der Waals surface area (Å²) in [5, 5.41) is 10.8. The SMILES string of the molecule is CC.Cc1ccc(N(c2ccc(C)cc2)n2nnc3ccccc32)cc1. The summed E-state index contributed by atoms with van der Waals surface area (Å²) in [6, 6.07) is 24.8. The van der Waals surface area contributed by atoms with Crippen LogP contribution in [0.25, 0.3) is 11.0 Å². The lowest BCUT2D eigenvalue weighted by atomic mass is 10.2. The summed E-state index contributed by atoms with van der Waals surface area (Å²) in [6.07, 6.45) is 0. The highest BCUT2D eigenvalue weighted by Gasteiger charge is 2.15. The minimum atomic E-state index is 0.877. The molecule has 4 aromatic rings. The van der Waals surface area contributed by atoms with Gasteiger partial charge in [-0.25, -0.2) is 5.01 Å². The Labute approximate surface area is 154 Å². The molecule has 26 heavy (non-hydrogen) atoms. The zero-order chi connectivity index (χ0) is 18.5. The van der Waals surface area contributed by atoms with Gasteiger partial charge < -0.3 is 0 Å². The van der Waals surface area contributed by atoms with Crippen LogP contribution in [-0.4, -0.2) is 15.1 Å². The van der Waals surface area contributed by atoms with Crippen LogP contribution >= 0.6 is 0 Å². The Morgan fingerprint density at radius 1 is 0.692 bits per heavy atom. The summed E-state index contributed by atoms with van der Waals surface area (Å²) in [5.74, 6) is 0. The van der Waals surface area contributed by atoms with Gasteiger partial charge in [0.2, 0.25) is 0 Å². The molecule has 0 saturated carbocycles. The van der Waals surface area contributed by atoms with E-state index in [1.807, 2.05) is 42.9 Å². The van der Waals surface area contributed by atoms with Crippen LogP contribution in [-0.2, 0) is 0 Å². The van der Waals surface area contributed by atoms with Gasteiger partial charge in [-0.1, -0.05) is 61.4 Å². The lowest BCUT2D eigenvalue weighted by Gasteiger charge is -2.25. The highest BCUT2D eigenvalue weighted by atomic mass is 15.7. The van der Waals surface area contributed by atoms with Crippen molar-refractivity contribution in [3.05, 3.63) is 83.9 Å². The van der Waals surface area contributed by atoms with E-state index in [9.17, 15) is 0 Å². The fourth-order valence-corrected chi connectivity index (χ4v) is 2.74. The fraction of sp³-hybridized carbons (Fsp3) is 0.182. The van der Waals surface area contributed by atoms with Crippen LogP contribution in [0.2, 0.25) is 0 Å². The van der Waals surface area contributed by atoms with E-state index in [1.54, 1.807) is 0 Å². The Balaban J connectivity index is 0.000000948. The van der Waals surface area contributed by atoms with Crippen LogP contribution in [0.4, 0.5) is 11.4 Å². The van der Waals surface area contributed by atoms with Crippen molar-refractivity contribution in [2.45, 2.75) is 27.7 Å². The average molecular weight is 344 g/mol. The minimum Gasteiger partial charge on any atom is -0.232 e. The van der Waals surface area contributed by atoms with E-state index < -0.39 is 0 Å². The second kappa shape index (κ2) is 7.83. The summed E-state index contributed by atoms with van der Waals surface area (Å²) < 4.78 is 0. The first-order valence-electron chi connectivity index (χ1n) is 8.96. The Hall–Kier alpha value is -3.14. The van der Waals surface area contributed by atoms with Gasteiger partial charge in [-0.3, -0.25) is 0 Å². The Morgan fingerprint density at radius 2 is 1.19 bits per heavy atom. The van der Waals surface area contributed by atoms with Crippen molar-refractivity contribution >= 4 is 22.4 Å². The molecular weight excluding hydrogens is 320 g/mol. The van der Waals surface area contributed by atoms with Crippen LogP contribution in [0.1, 0.15) is 25.0 Å². The highest BCUT2D eigenvalue weighted by Crippen LogP contribution is 2.28. The van der Waals surface area contributed by atoms with Crippen molar-refractivity contribution in [1.82, 2.24) is 15.1 Å². The summed E-state index contributed by atoms with van der Waals surface area (Å²) in [5.41, 5.74) is 6.39. The largest absolute Gasteiger partial charge is 0.232 e. The zero-order valence-corrected chi connectivity index (χ0v) is 15.7. The molecule has 4 nitrogen and oxygen atoms in total. The van der Waals surface area contributed by atoms with E-state index in [0.29, 0.717) is 0 Å². The van der Waals surface area contributed by atoms with Crippen LogP contribution in [0.15, 0.2) is 72.8 Å². The number of aromatic nitrogens is 3. The molecule has 0 unspecified atom stereocenters. The van der Waals surface area contributed by atoms with Crippen LogP contribution in [0, 0.1) is 13.8 Å². The Kier molecular flexibility index (Phi) is 5.32. The third kappa shape index (κ3) is 3.45. The zero-order valence-electron chi connectivity index (χ0n) is 15.7. The molecule has 0 fully saturated rings. The number of nitrogens with zero attached hydrogens (tertiary/aromatic N) is 4. The maximum absolute atomic E-state index is 4.39. The Morgan fingerprint density at radius 3 is 1.73 bits per heavy atom. The van der Waals surface area contributed by atoms with Crippen LogP contribution < -0.4 is 5.01 Å². The number of benzene rings is 3. The second-order valence-electron chi connectivity index (χ2n) is 5.95. The molecule has 0 bridgehead atoms. The maximum atomic E-state index is 4.39. The molecule has 0 radical (unpaired) electrons. The van der Waals surface area contributed by atoms with Crippen molar-refractivity contribution < 1.29 is 0 Å². The van der Waals surface area contributed by atoms with Crippen molar-refractivity contribution in [1.29, 1.82) is 0 Å². The first-order valence-corrected chi connectivity index (χ1v) is 8.96. The quantitative estimate of drug-likeness (QED) is 0.480. The number of fused-ring (bicyclic) bond motifs is 1. The molecule has 0 amide bonds. The summed E-state index contributed by atoms with van der Waals surface area (Å²) >= 11 is 0. The van der Waals surface area contributed by atoms with Gasteiger partial charge in [0.25, 0.3) is 0 Å². The molecule has 0 atom stereocenters. The topological polar surface area (TPSA) is 34.0 Å². The van der Waals surface area contributed by atoms with E-state index in [2.05, 4.69) is 77.7 Å². The smallest absolute Gasteiger partial charge is 0.115 e. The summed E-state index contributed by atoms with van der Waals surface area (Å²) in [4.78, 5) is 1.85. The average Bonchev–Trinajstić information content (AvgIpc) is 3.11. The highest BCUT2D eigenvalue weighted by molar-refractivity contribution is 5.77. The monoisotopic (exact) mass is 344 g/mol. The second-order valence-corrected chi connectivity index (χ2v) is 5.95. The van der Waals surface area contributed by atoms with E-state index in [4.69, 9.17) is 0 Å². The molecule has 3 aromatic carbocycles. The first-order chi connectivity index (χ1) is 12.7. The Bertz CT molecular complexity index is 924. The van der Waals surface area contributed by atoms with E-state index in [0.717, 1.165) is 22.4 Å². The molecule has 1 heterocycles. The van der Waals surface area contributed by atoms with Crippen LogP contribution in [0.3, 0.4) is 0 Å².